The van der Waals surface area contributed by atoms with E-state index in [0.717, 1.165) is 27.2 Å². The highest BCUT2D eigenvalue weighted by atomic mass is 32.2. The Hall–Kier alpha value is -2.41. The van der Waals surface area contributed by atoms with E-state index in [1.54, 1.807) is 23.9 Å². The number of halogens is 1. The monoisotopic (exact) mass is 440 g/mol. The number of hydrogen-bond donors (Lipinski definition) is 2. The summed E-state index contributed by atoms with van der Waals surface area (Å²) in [6.45, 7) is 3.85. The minimum atomic E-state index is -0.706. The van der Waals surface area contributed by atoms with Crippen LogP contribution in [-0.2, 0) is 16.1 Å². The fraction of sp³-hybridized carbons (Fsp3) is 0.320. The first-order valence-electron chi connectivity index (χ1n) is 10.3. The van der Waals surface area contributed by atoms with E-state index in [-0.39, 0.29) is 23.3 Å². The van der Waals surface area contributed by atoms with E-state index in [2.05, 4.69) is 19.9 Å². The Kier molecular flexibility index (Phi) is 6.06. The molecule has 0 aliphatic carbocycles. The smallest absolute Gasteiger partial charge is 0.309 e. The van der Waals surface area contributed by atoms with Gasteiger partial charge in [0.25, 0.3) is 0 Å². The summed E-state index contributed by atoms with van der Waals surface area (Å²) in [5.74, 6) is -0.846. The molecule has 2 heterocycles. The number of allylic oxidation sites excluding steroid dienone is 1. The maximum atomic E-state index is 14.1. The van der Waals surface area contributed by atoms with E-state index >= 15 is 0 Å². The molecule has 2 N–H and O–H groups in total. The number of thioether (sulfide) groups is 1. The summed E-state index contributed by atoms with van der Waals surface area (Å²) in [6, 6.07) is 12.9. The van der Waals surface area contributed by atoms with E-state index in [9.17, 15) is 19.4 Å². The van der Waals surface area contributed by atoms with E-state index in [1.807, 2.05) is 30.4 Å². The fourth-order valence-corrected chi connectivity index (χ4v) is 5.37. The molecule has 6 heteroatoms. The fourth-order valence-electron chi connectivity index (χ4n) is 4.11. The number of esters is 1. The van der Waals surface area contributed by atoms with Gasteiger partial charge in [-0.3, -0.25) is 4.79 Å². The third kappa shape index (κ3) is 4.47. The van der Waals surface area contributed by atoms with Gasteiger partial charge in [-0.25, -0.2) is 4.39 Å². The maximum Gasteiger partial charge on any atom is 0.309 e. The Balaban J connectivity index is 1.87. The Morgan fingerprint density at radius 2 is 2.03 bits per heavy atom. The number of rotatable bonds is 4. The number of cyclic esters (lactones) is 1. The molecule has 2 aromatic carbocycles. The molecule has 2 unspecified atom stereocenters. The minimum Gasteiger partial charge on any atom is -0.458 e. The van der Waals surface area contributed by atoms with Gasteiger partial charge in [-0.05, 0) is 60.4 Å². The number of carbonyl (C=O) groups excluding carboxylic acids is 1. The van der Waals surface area contributed by atoms with Gasteiger partial charge >= 0.3 is 5.97 Å². The zero-order chi connectivity index (χ0) is 22.2. The summed E-state index contributed by atoms with van der Waals surface area (Å²) in [5, 5.41) is 19.5. The molecule has 2 aromatic rings. The molecule has 0 bridgehead atoms. The van der Waals surface area contributed by atoms with Crippen LogP contribution in [-0.4, -0.2) is 33.1 Å². The van der Waals surface area contributed by atoms with E-state index < -0.39 is 24.0 Å². The van der Waals surface area contributed by atoms with Gasteiger partial charge in [0, 0.05) is 21.6 Å². The van der Waals surface area contributed by atoms with Gasteiger partial charge in [0.05, 0.1) is 19.1 Å². The van der Waals surface area contributed by atoms with Crippen LogP contribution in [0.15, 0.2) is 65.1 Å². The van der Waals surface area contributed by atoms with Crippen LogP contribution in [0.4, 0.5) is 4.39 Å². The topological polar surface area (TPSA) is 66.8 Å². The Labute approximate surface area is 185 Å². The largest absolute Gasteiger partial charge is 0.458 e. The van der Waals surface area contributed by atoms with Crippen LogP contribution in [0.2, 0.25) is 0 Å². The summed E-state index contributed by atoms with van der Waals surface area (Å²) in [7, 11) is 0. The van der Waals surface area contributed by atoms with Gasteiger partial charge in [0.15, 0.2) is 0 Å². The van der Waals surface area contributed by atoms with Crippen LogP contribution < -0.4 is 0 Å². The molecule has 1 saturated heterocycles. The molecule has 0 saturated carbocycles. The number of fused-ring (bicyclic) bond motifs is 1. The second-order valence-corrected chi connectivity index (χ2v) is 10.0. The van der Waals surface area contributed by atoms with Gasteiger partial charge in [-0.2, -0.15) is 0 Å². The molecule has 0 aromatic heterocycles. The van der Waals surface area contributed by atoms with Gasteiger partial charge in [-0.15, -0.1) is 11.8 Å². The van der Waals surface area contributed by atoms with E-state index in [4.69, 9.17) is 4.74 Å². The lowest BCUT2D eigenvalue weighted by Gasteiger charge is -2.35. The molecule has 1 fully saturated rings. The highest BCUT2D eigenvalue weighted by Gasteiger charge is 2.34. The van der Waals surface area contributed by atoms with Crippen LogP contribution in [0.3, 0.4) is 0 Å². The molecule has 162 valence electrons. The van der Waals surface area contributed by atoms with Gasteiger partial charge in [-0.1, -0.05) is 30.3 Å². The van der Waals surface area contributed by atoms with E-state index in [0.29, 0.717) is 6.42 Å². The first-order valence-corrected chi connectivity index (χ1v) is 11.1. The van der Waals surface area contributed by atoms with Crippen molar-refractivity contribution in [1.82, 2.24) is 0 Å². The number of carbonyl (C=O) groups is 1. The van der Waals surface area contributed by atoms with Gasteiger partial charge in [0.1, 0.15) is 11.9 Å². The first kappa shape index (κ1) is 21.8. The number of hydrogen-bond acceptors (Lipinski definition) is 5. The average molecular weight is 441 g/mol. The van der Waals surface area contributed by atoms with Crippen molar-refractivity contribution in [3.05, 3.63) is 82.7 Å². The molecule has 0 amide bonds. The number of aliphatic hydroxyl groups excluding tert-OH is 2. The molecule has 4 nitrogen and oxygen atoms in total. The number of aliphatic hydroxyl groups is 2. The molecular weight excluding hydrogens is 415 g/mol. The van der Waals surface area contributed by atoms with Crippen LogP contribution in [0.5, 0.6) is 0 Å². The van der Waals surface area contributed by atoms with Crippen molar-refractivity contribution in [3.8, 4) is 0 Å². The lowest BCUT2D eigenvalue weighted by atomic mass is 9.85. The van der Waals surface area contributed by atoms with E-state index in [1.165, 1.54) is 6.07 Å². The summed E-state index contributed by atoms with van der Waals surface area (Å²) in [6.07, 6.45) is 2.96. The summed E-state index contributed by atoms with van der Waals surface area (Å²) >= 11 is 1.73. The van der Waals surface area contributed by atoms with Crippen LogP contribution in [0, 0.1) is 5.82 Å². The normalized spacial score (nSPS) is 23.1. The zero-order valence-electron chi connectivity index (χ0n) is 17.5. The highest BCUT2D eigenvalue weighted by molar-refractivity contribution is 8.01. The Bertz CT molecular complexity index is 1070. The van der Waals surface area contributed by atoms with Crippen molar-refractivity contribution in [2.45, 2.75) is 55.1 Å². The molecule has 31 heavy (non-hydrogen) atoms. The van der Waals surface area contributed by atoms with Crippen molar-refractivity contribution in [2.24, 2.45) is 0 Å². The van der Waals surface area contributed by atoms with Crippen LogP contribution in [0.25, 0.3) is 5.57 Å². The van der Waals surface area contributed by atoms with Crippen LogP contribution >= 0.6 is 11.8 Å². The van der Waals surface area contributed by atoms with Crippen molar-refractivity contribution in [2.75, 3.05) is 0 Å². The third-order valence-electron chi connectivity index (χ3n) is 5.61. The van der Waals surface area contributed by atoms with Crippen LogP contribution in [0.1, 0.15) is 43.4 Å². The molecule has 2 atom stereocenters. The third-order valence-corrected chi connectivity index (χ3v) is 6.92. The lowest BCUT2D eigenvalue weighted by Crippen LogP contribution is -2.31. The van der Waals surface area contributed by atoms with Crippen molar-refractivity contribution in [3.63, 3.8) is 0 Å². The van der Waals surface area contributed by atoms with Crippen molar-refractivity contribution >= 4 is 23.3 Å². The molecular formula is C25H25FO4S. The molecule has 0 spiro atoms. The zero-order valence-corrected chi connectivity index (χ0v) is 18.3. The lowest BCUT2D eigenvalue weighted by molar-refractivity contribution is -0.156. The Morgan fingerprint density at radius 1 is 1.26 bits per heavy atom. The molecule has 4 rings (SSSR count). The Morgan fingerprint density at radius 3 is 2.77 bits per heavy atom. The highest BCUT2D eigenvalue weighted by Crippen LogP contribution is 2.51. The summed E-state index contributed by atoms with van der Waals surface area (Å²) in [4.78, 5) is 12.8. The van der Waals surface area contributed by atoms with Crippen molar-refractivity contribution in [1.29, 1.82) is 0 Å². The quantitative estimate of drug-likeness (QED) is 0.679. The first-order chi connectivity index (χ1) is 14.8. The van der Waals surface area contributed by atoms with Gasteiger partial charge < -0.3 is 14.9 Å². The predicted octanol–water partition coefficient (Wildman–Crippen LogP) is 4.63. The second-order valence-electron chi connectivity index (χ2n) is 8.34. The SMILES string of the molecule is CC1(C)Sc2ccccc2C(c2ccc(F)c(CO)c2)=C1C=CC1CC(O)CC(=O)O1. The summed E-state index contributed by atoms with van der Waals surface area (Å²) in [5.41, 5.74) is 4.04. The number of benzene rings is 2. The molecule has 2 aliphatic rings. The van der Waals surface area contributed by atoms with Crippen molar-refractivity contribution < 1.29 is 24.1 Å². The number of ether oxygens (including phenoxy) is 1. The molecule has 0 radical (unpaired) electrons. The van der Waals surface area contributed by atoms with Gasteiger partial charge in [0.2, 0.25) is 0 Å². The standard InChI is InChI=1S/C25H25FO4S/c1-25(2)20(9-8-18-12-17(28)13-23(29)30-18)24(19-5-3-4-6-22(19)31-25)15-7-10-21(26)16(11-15)14-27/h3-11,17-18,27-28H,12-14H2,1-2H3. The minimum absolute atomic E-state index is 0.0204. The molecule has 2 aliphatic heterocycles. The average Bonchev–Trinajstić information content (AvgIpc) is 2.71. The maximum absolute atomic E-state index is 14.1. The second kappa shape index (κ2) is 8.61. The summed E-state index contributed by atoms with van der Waals surface area (Å²) < 4.78 is 19.1. The predicted molar refractivity (Wildman–Crippen MR) is 119 cm³/mol.